The Balaban J connectivity index is 2.86. The van der Waals surface area contributed by atoms with Crippen LogP contribution in [0.25, 0.3) is 0 Å². The molecule has 0 saturated heterocycles. The van der Waals surface area contributed by atoms with Crippen LogP contribution in [0.4, 0.5) is 10.1 Å². The van der Waals surface area contributed by atoms with E-state index in [0.717, 1.165) is 6.07 Å². The summed E-state index contributed by atoms with van der Waals surface area (Å²) in [6.45, 7) is -0.0445. The van der Waals surface area contributed by atoms with Gasteiger partial charge in [-0.25, -0.2) is 9.18 Å². The van der Waals surface area contributed by atoms with Crippen LogP contribution < -0.4 is 11.1 Å². The fourth-order valence-corrected chi connectivity index (χ4v) is 1.27. The molecular weight excluding hydrogens is 243 g/mol. The third kappa shape index (κ3) is 3.25. The van der Waals surface area contributed by atoms with Crippen molar-refractivity contribution >= 4 is 17.6 Å². The number of halogens is 1. The molecule has 1 rings (SSSR count). The van der Waals surface area contributed by atoms with Gasteiger partial charge in [0.2, 0.25) is 0 Å². The van der Waals surface area contributed by atoms with Crippen molar-refractivity contribution in [1.82, 2.24) is 0 Å². The minimum Gasteiger partial charge on any atom is -0.478 e. The van der Waals surface area contributed by atoms with Crippen LogP contribution >= 0.6 is 0 Å². The summed E-state index contributed by atoms with van der Waals surface area (Å²) in [6, 6.07) is 3.17. The average Bonchev–Trinajstić information content (AvgIpc) is 2.33. The van der Waals surface area contributed by atoms with Crippen molar-refractivity contribution < 1.29 is 23.8 Å². The van der Waals surface area contributed by atoms with Gasteiger partial charge < -0.3 is 20.9 Å². The predicted octanol–water partition coefficient (Wildman–Crippen LogP) is 0.436. The Labute approximate surface area is 103 Å². The van der Waals surface area contributed by atoms with Gasteiger partial charge in [0.15, 0.2) is 0 Å². The Bertz CT molecular complexity index is 460. The van der Waals surface area contributed by atoms with Gasteiger partial charge in [0.05, 0.1) is 11.3 Å². The summed E-state index contributed by atoms with van der Waals surface area (Å²) in [4.78, 5) is 22.1. The van der Waals surface area contributed by atoms with E-state index in [0.29, 0.717) is 0 Å². The first kappa shape index (κ1) is 14.1. The molecule has 0 radical (unpaired) electrons. The number of amides is 1. The van der Waals surface area contributed by atoms with Gasteiger partial charge in [-0.05, 0) is 18.2 Å². The molecule has 0 saturated carbocycles. The number of carbonyl (C=O) groups excluding carboxylic acids is 1. The van der Waals surface area contributed by atoms with Crippen molar-refractivity contribution in [3.63, 3.8) is 0 Å². The molecular formula is C11H13FN2O4. The number of anilines is 1. The standard InChI is InChI=1S/C11H13FN2O4/c1-18-9(5-13)10(15)14-8-3-2-6(11(16)17)4-7(8)12/h2-4,9H,5,13H2,1H3,(H,14,15)(H,16,17). The lowest BCUT2D eigenvalue weighted by molar-refractivity contribution is -0.125. The van der Waals surface area contributed by atoms with Crippen molar-refractivity contribution in [3.8, 4) is 0 Å². The van der Waals surface area contributed by atoms with Gasteiger partial charge in [0.1, 0.15) is 11.9 Å². The smallest absolute Gasteiger partial charge is 0.335 e. The van der Waals surface area contributed by atoms with Gasteiger partial charge in [-0.15, -0.1) is 0 Å². The molecule has 18 heavy (non-hydrogen) atoms. The van der Waals surface area contributed by atoms with Crippen LogP contribution in [-0.2, 0) is 9.53 Å². The molecule has 0 heterocycles. The summed E-state index contributed by atoms with van der Waals surface area (Å²) in [5, 5.41) is 10.9. The number of nitrogens with one attached hydrogen (secondary N) is 1. The molecule has 0 bridgehead atoms. The topological polar surface area (TPSA) is 102 Å². The second kappa shape index (κ2) is 6.08. The number of rotatable bonds is 5. The first-order chi connectivity index (χ1) is 8.49. The number of carbonyl (C=O) groups is 2. The molecule has 98 valence electrons. The molecule has 1 aromatic carbocycles. The number of hydrogen-bond donors (Lipinski definition) is 3. The number of aromatic carboxylic acids is 1. The van der Waals surface area contributed by atoms with Crippen LogP contribution in [0.1, 0.15) is 10.4 Å². The van der Waals surface area contributed by atoms with Gasteiger partial charge >= 0.3 is 5.97 Å². The summed E-state index contributed by atoms with van der Waals surface area (Å²) in [5.41, 5.74) is 4.96. The van der Waals surface area contributed by atoms with Gasteiger partial charge in [-0.3, -0.25) is 4.79 Å². The van der Waals surface area contributed by atoms with E-state index in [2.05, 4.69) is 5.32 Å². The lowest BCUT2D eigenvalue weighted by Gasteiger charge is -2.13. The van der Waals surface area contributed by atoms with Crippen LogP contribution in [0.15, 0.2) is 18.2 Å². The van der Waals surface area contributed by atoms with Gasteiger partial charge in [0, 0.05) is 13.7 Å². The van der Waals surface area contributed by atoms with E-state index < -0.39 is 23.8 Å². The summed E-state index contributed by atoms with van der Waals surface area (Å²) in [7, 11) is 1.31. The maximum absolute atomic E-state index is 13.5. The molecule has 0 fully saturated rings. The lowest BCUT2D eigenvalue weighted by Crippen LogP contribution is -2.36. The summed E-state index contributed by atoms with van der Waals surface area (Å²) >= 11 is 0. The Morgan fingerprint density at radius 3 is 2.67 bits per heavy atom. The quantitative estimate of drug-likeness (QED) is 0.709. The number of methoxy groups -OCH3 is 1. The number of nitrogens with two attached hydrogens (primary N) is 1. The molecule has 0 aliphatic carbocycles. The highest BCUT2D eigenvalue weighted by Crippen LogP contribution is 2.16. The molecule has 4 N–H and O–H groups in total. The largest absolute Gasteiger partial charge is 0.478 e. The van der Waals surface area contributed by atoms with E-state index in [1.54, 1.807) is 0 Å². The molecule has 1 amide bonds. The van der Waals surface area contributed by atoms with E-state index >= 15 is 0 Å². The minimum atomic E-state index is -1.25. The highest BCUT2D eigenvalue weighted by Gasteiger charge is 2.17. The molecule has 0 aliphatic heterocycles. The van der Waals surface area contributed by atoms with Crippen LogP contribution in [0, 0.1) is 5.82 Å². The Hall–Kier alpha value is -1.99. The third-order valence-corrected chi connectivity index (χ3v) is 2.26. The molecule has 0 spiro atoms. The summed E-state index contributed by atoms with van der Waals surface area (Å²) in [5.74, 6) is -2.68. The van der Waals surface area contributed by atoms with Gasteiger partial charge in [-0.1, -0.05) is 0 Å². The van der Waals surface area contributed by atoms with Crippen molar-refractivity contribution in [3.05, 3.63) is 29.6 Å². The van der Waals surface area contributed by atoms with Crippen molar-refractivity contribution in [2.45, 2.75) is 6.10 Å². The summed E-state index contributed by atoms with van der Waals surface area (Å²) < 4.78 is 18.3. The van der Waals surface area contributed by atoms with Crippen molar-refractivity contribution in [2.24, 2.45) is 5.73 Å². The number of carboxylic acid groups (broad SMARTS) is 1. The highest BCUT2D eigenvalue weighted by atomic mass is 19.1. The predicted molar refractivity (Wildman–Crippen MR) is 61.8 cm³/mol. The molecule has 0 aliphatic rings. The van der Waals surface area contributed by atoms with Crippen LogP contribution in [0.3, 0.4) is 0 Å². The van der Waals surface area contributed by atoms with Crippen LogP contribution in [0.2, 0.25) is 0 Å². The van der Waals surface area contributed by atoms with E-state index in [-0.39, 0.29) is 17.8 Å². The zero-order valence-corrected chi connectivity index (χ0v) is 9.64. The monoisotopic (exact) mass is 256 g/mol. The number of ether oxygens (including phenoxy) is 1. The second-order valence-corrected chi connectivity index (χ2v) is 3.45. The van der Waals surface area contributed by atoms with Crippen molar-refractivity contribution in [1.29, 1.82) is 0 Å². The van der Waals surface area contributed by atoms with E-state index in [4.69, 9.17) is 15.6 Å². The average molecular weight is 256 g/mol. The number of hydrogen-bond acceptors (Lipinski definition) is 4. The van der Waals surface area contributed by atoms with E-state index in [1.807, 2.05) is 0 Å². The Kier molecular flexibility index (Phi) is 4.75. The zero-order chi connectivity index (χ0) is 13.7. The first-order valence-corrected chi connectivity index (χ1v) is 5.06. The van der Waals surface area contributed by atoms with Gasteiger partial charge in [-0.2, -0.15) is 0 Å². The highest BCUT2D eigenvalue weighted by molar-refractivity contribution is 5.95. The SMILES string of the molecule is COC(CN)C(=O)Nc1ccc(C(=O)O)cc1F. The molecule has 1 unspecified atom stereocenters. The fourth-order valence-electron chi connectivity index (χ4n) is 1.27. The van der Waals surface area contributed by atoms with Crippen molar-refractivity contribution in [2.75, 3.05) is 19.0 Å². The lowest BCUT2D eigenvalue weighted by atomic mass is 10.2. The summed E-state index contributed by atoms with van der Waals surface area (Å²) in [6.07, 6.45) is -0.886. The maximum Gasteiger partial charge on any atom is 0.335 e. The van der Waals surface area contributed by atoms with Crippen LogP contribution in [0.5, 0.6) is 0 Å². The molecule has 6 nitrogen and oxygen atoms in total. The van der Waals surface area contributed by atoms with E-state index in [9.17, 15) is 14.0 Å². The first-order valence-electron chi connectivity index (χ1n) is 5.06. The van der Waals surface area contributed by atoms with Gasteiger partial charge in [0.25, 0.3) is 5.91 Å². The number of benzene rings is 1. The third-order valence-electron chi connectivity index (χ3n) is 2.26. The van der Waals surface area contributed by atoms with E-state index in [1.165, 1.54) is 19.2 Å². The Morgan fingerprint density at radius 2 is 2.22 bits per heavy atom. The Morgan fingerprint density at radius 1 is 1.56 bits per heavy atom. The molecule has 1 atom stereocenters. The van der Waals surface area contributed by atoms with Crippen LogP contribution in [-0.4, -0.2) is 36.7 Å². The number of carboxylic acids is 1. The molecule has 0 aromatic heterocycles. The fraction of sp³-hybridized carbons (Fsp3) is 0.273. The zero-order valence-electron chi connectivity index (χ0n) is 9.64. The molecule has 1 aromatic rings. The molecule has 7 heteroatoms. The second-order valence-electron chi connectivity index (χ2n) is 3.45. The normalized spacial score (nSPS) is 11.9. The maximum atomic E-state index is 13.5. The minimum absolute atomic E-state index is 0.0445.